The molecule has 1 atom stereocenters. The molecule has 0 saturated carbocycles. The molecule has 0 fully saturated rings. The number of hydrogen-bond donors (Lipinski definition) is 0. The molecule has 0 aliphatic carbocycles. The molecule has 1 aromatic heterocycles. The van der Waals surface area contributed by atoms with Gasteiger partial charge in [-0.2, -0.15) is 0 Å². The van der Waals surface area contributed by atoms with Gasteiger partial charge >= 0.3 is 0 Å². The van der Waals surface area contributed by atoms with E-state index in [1.54, 1.807) is 0 Å². The molecule has 2 heterocycles. The van der Waals surface area contributed by atoms with Crippen LogP contribution in [0.3, 0.4) is 0 Å². The maximum absolute atomic E-state index is 2.59. The number of aromatic nitrogens is 1. The normalized spacial score (nSPS) is 14.0. The van der Waals surface area contributed by atoms with Gasteiger partial charge in [-0.15, -0.1) is 0 Å². The van der Waals surface area contributed by atoms with E-state index in [1.165, 1.54) is 75.7 Å². The highest BCUT2D eigenvalue weighted by atomic mass is 15.1. The van der Waals surface area contributed by atoms with Gasteiger partial charge in [0.25, 0.3) is 0 Å². The Morgan fingerprint density at radius 2 is 1.33 bits per heavy atom. The zero-order valence-electron chi connectivity index (χ0n) is 21.6. The molecule has 1 aliphatic rings. The Hall–Kier alpha value is -3.52. The van der Waals surface area contributed by atoms with Gasteiger partial charge in [0.15, 0.2) is 0 Å². The molecule has 0 saturated heterocycles. The molecule has 182 valence electrons. The van der Waals surface area contributed by atoms with Crippen LogP contribution in [0.5, 0.6) is 0 Å². The molecule has 0 spiro atoms. The summed E-state index contributed by atoms with van der Waals surface area (Å²) in [5.74, 6) is 0.716. The fraction of sp³-hybridized carbons (Fsp3) is 0.294. The third-order valence-electron chi connectivity index (χ3n) is 8.13. The van der Waals surface area contributed by atoms with Crippen molar-refractivity contribution in [3.05, 3.63) is 102 Å². The minimum absolute atomic E-state index is 0.716. The fourth-order valence-electron chi connectivity index (χ4n) is 6.11. The van der Waals surface area contributed by atoms with Crippen LogP contribution < -0.4 is 4.90 Å². The van der Waals surface area contributed by atoms with Crippen molar-refractivity contribution in [2.45, 2.75) is 58.9 Å². The van der Waals surface area contributed by atoms with Crippen molar-refractivity contribution in [3.63, 3.8) is 0 Å². The second-order valence-electron chi connectivity index (χ2n) is 10.3. The van der Waals surface area contributed by atoms with E-state index in [0.717, 1.165) is 19.4 Å². The van der Waals surface area contributed by atoms with E-state index in [9.17, 15) is 0 Å². The van der Waals surface area contributed by atoms with Gasteiger partial charge in [0.1, 0.15) is 0 Å². The zero-order valence-corrected chi connectivity index (χ0v) is 21.6. The van der Waals surface area contributed by atoms with Crippen molar-refractivity contribution in [3.8, 4) is 0 Å². The molecular weight excluding hydrogens is 436 g/mol. The average Bonchev–Trinajstić information content (AvgIpc) is 3.12. The number of nitrogens with zero attached hydrogens (tertiary/aromatic N) is 2. The van der Waals surface area contributed by atoms with Crippen molar-refractivity contribution >= 4 is 38.9 Å². The predicted molar refractivity (Wildman–Crippen MR) is 155 cm³/mol. The Balaban J connectivity index is 1.53. The van der Waals surface area contributed by atoms with Crippen LogP contribution in [0.15, 0.2) is 91.0 Å². The Morgan fingerprint density at radius 3 is 2.03 bits per heavy atom. The summed E-state index contributed by atoms with van der Waals surface area (Å²) in [6.45, 7) is 5.74. The highest BCUT2D eigenvalue weighted by molar-refractivity contribution is 6.09. The quantitative estimate of drug-likeness (QED) is 0.229. The lowest BCUT2D eigenvalue weighted by atomic mass is 9.99. The summed E-state index contributed by atoms with van der Waals surface area (Å²) < 4.78 is 2.59. The SMILES string of the molecule is CCCCC(CC)Cn1c2ccccc2c2cc(N3c4ccccc4CCc4ccccc43)ccc21. The molecular formula is C34H36N2. The van der Waals surface area contributed by atoms with Crippen LogP contribution in [0.25, 0.3) is 21.8 Å². The van der Waals surface area contributed by atoms with Crippen LogP contribution >= 0.6 is 0 Å². The highest BCUT2D eigenvalue weighted by Gasteiger charge is 2.23. The van der Waals surface area contributed by atoms with Gasteiger partial charge in [0.05, 0.1) is 0 Å². The lowest BCUT2D eigenvalue weighted by Gasteiger charge is -2.27. The molecule has 4 aromatic carbocycles. The third-order valence-corrected chi connectivity index (χ3v) is 8.13. The fourth-order valence-corrected chi connectivity index (χ4v) is 6.11. The molecule has 1 aliphatic heterocycles. The smallest absolute Gasteiger partial charge is 0.0493 e. The molecule has 0 radical (unpaired) electrons. The lowest BCUT2D eigenvalue weighted by Crippen LogP contribution is -2.12. The van der Waals surface area contributed by atoms with Crippen molar-refractivity contribution in [1.29, 1.82) is 0 Å². The van der Waals surface area contributed by atoms with Gasteiger partial charge in [-0.05, 0) is 72.7 Å². The van der Waals surface area contributed by atoms with Gasteiger partial charge in [0.2, 0.25) is 0 Å². The van der Waals surface area contributed by atoms with Gasteiger partial charge in [-0.3, -0.25) is 0 Å². The summed E-state index contributed by atoms with van der Waals surface area (Å²) in [6.07, 6.45) is 7.26. The van der Waals surface area contributed by atoms with Crippen molar-refractivity contribution < 1.29 is 0 Å². The summed E-state index contributed by atoms with van der Waals surface area (Å²) in [4.78, 5) is 2.49. The predicted octanol–water partition coefficient (Wildman–Crippen LogP) is 9.58. The topological polar surface area (TPSA) is 8.17 Å². The molecule has 5 aromatic rings. The maximum atomic E-state index is 2.59. The molecule has 2 heteroatoms. The number of anilines is 3. The first kappa shape index (κ1) is 22.9. The van der Waals surface area contributed by atoms with E-state index >= 15 is 0 Å². The second kappa shape index (κ2) is 9.85. The number of rotatable bonds is 7. The largest absolute Gasteiger partial charge is 0.340 e. The molecule has 0 N–H and O–H groups in total. The Morgan fingerprint density at radius 1 is 0.694 bits per heavy atom. The minimum atomic E-state index is 0.716. The van der Waals surface area contributed by atoms with Crippen molar-refractivity contribution in [2.75, 3.05) is 4.90 Å². The highest BCUT2D eigenvalue weighted by Crippen LogP contribution is 2.43. The molecule has 0 bridgehead atoms. The first-order valence-electron chi connectivity index (χ1n) is 13.8. The van der Waals surface area contributed by atoms with Crippen molar-refractivity contribution in [1.82, 2.24) is 4.57 Å². The molecule has 1 unspecified atom stereocenters. The van der Waals surface area contributed by atoms with Gasteiger partial charge in [0, 0.05) is 45.4 Å². The van der Waals surface area contributed by atoms with Gasteiger partial charge in [-0.1, -0.05) is 87.7 Å². The standard InChI is InChI=1S/C34H36N2/c1-3-5-12-25(4-2)24-35-33-18-11-8-15-29(33)30-23-28(21-22-34(30)35)36-31-16-9-6-13-26(31)19-20-27-14-7-10-17-32(27)36/h6-11,13-18,21-23,25H,3-5,12,19-20,24H2,1-2H3. The number of para-hydroxylation sites is 3. The Kier molecular flexibility index (Phi) is 6.27. The number of fused-ring (bicyclic) bond motifs is 5. The summed E-state index contributed by atoms with van der Waals surface area (Å²) in [6, 6.07) is 33.9. The Bertz CT molecular complexity index is 1460. The summed E-state index contributed by atoms with van der Waals surface area (Å²) >= 11 is 0. The van der Waals surface area contributed by atoms with E-state index in [1.807, 2.05) is 0 Å². The first-order chi connectivity index (χ1) is 17.8. The van der Waals surface area contributed by atoms with Crippen LogP contribution in [-0.4, -0.2) is 4.57 Å². The van der Waals surface area contributed by atoms with Crippen LogP contribution in [-0.2, 0) is 19.4 Å². The van der Waals surface area contributed by atoms with E-state index in [-0.39, 0.29) is 0 Å². The molecule has 2 nitrogen and oxygen atoms in total. The Labute approximate surface area is 215 Å². The average molecular weight is 473 g/mol. The molecule has 36 heavy (non-hydrogen) atoms. The maximum Gasteiger partial charge on any atom is 0.0493 e. The van der Waals surface area contributed by atoms with E-state index in [2.05, 4.69) is 114 Å². The van der Waals surface area contributed by atoms with Crippen LogP contribution in [0.1, 0.15) is 50.7 Å². The third kappa shape index (κ3) is 3.99. The van der Waals surface area contributed by atoms with Crippen LogP contribution in [0, 0.1) is 5.92 Å². The monoisotopic (exact) mass is 472 g/mol. The second-order valence-corrected chi connectivity index (χ2v) is 10.3. The summed E-state index contributed by atoms with van der Waals surface area (Å²) in [5.41, 5.74) is 9.39. The van der Waals surface area contributed by atoms with Crippen molar-refractivity contribution in [2.24, 2.45) is 5.92 Å². The van der Waals surface area contributed by atoms with E-state index in [0.29, 0.717) is 5.92 Å². The number of aryl methyl sites for hydroxylation is 2. The lowest BCUT2D eigenvalue weighted by molar-refractivity contribution is 0.401. The number of hydrogen-bond acceptors (Lipinski definition) is 1. The molecule has 0 amide bonds. The number of benzene rings is 4. The van der Waals surface area contributed by atoms with Crippen LogP contribution in [0.4, 0.5) is 17.1 Å². The van der Waals surface area contributed by atoms with E-state index in [4.69, 9.17) is 0 Å². The first-order valence-corrected chi connectivity index (χ1v) is 13.8. The van der Waals surface area contributed by atoms with Crippen LogP contribution in [0.2, 0.25) is 0 Å². The summed E-state index contributed by atoms with van der Waals surface area (Å²) in [5, 5.41) is 2.71. The van der Waals surface area contributed by atoms with Gasteiger partial charge < -0.3 is 9.47 Å². The zero-order chi connectivity index (χ0) is 24.5. The molecule has 6 rings (SSSR count). The summed E-state index contributed by atoms with van der Waals surface area (Å²) in [7, 11) is 0. The minimum Gasteiger partial charge on any atom is -0.340 e. The number of unbranched alkanes of at least 4 members (excludes halogenated alkanes) is 1. The van der Waals surface area contributed by atoms with Gasteiger partial charge in [-0.25, -0.2) is 0 Å². The van der Waals surface area contributed by atoms with E-state index < -0.39 is 0 Å².